The van der Waals surface area contributed by atoms with E-state index in [-0.39, 0.29) is 6.09 Å². The van der Waals surface area contributed by atoms with E-state index in [0.29, 0.717) is 43.4 Å². The number of halogens is 1. The summed E-state index contributed by atoms with van der Waals surface area (Å²) in [5, 5.41) is 0.560. The minimum atomic E-state index is -0.467. The normalized spacial score (nSPS) is 20.8. The zero-order chi connectivity index (χ0) is 20.6. The number of carbonyl (C=O) groups is 1. The van der Waals surface area contributed by atoms with Gasteiger partial charge in [0, 0.05) is 44.3 Å². The van der Waals surface area contributed by atoms with Gasteiger partial charge in [-0.1, -0.05) is 11.6 Å². The Labute approximate surface area is 177 Å². The molecule has 0 aromatic carbocycles. The molecule has 0 spiro atoms. The highest BCUT2D eigenvalue weighted by Crippen LogP contribution is 2.36. The highest BCUT2D eigenvalue weighted by molar-refractivity contribution is 6.30. The Hall–Kier alpha value is -1.80. The lowest BCUT2D eigenvalue weighted by Crippen LogP contribution is -2.48. The van der Waals surface area contributed by atoms with E-state index < -0.39 is 5.60 Å². The Balaban J connectivity index is 1.44. The smallest absolute Gasteiger partial charge is 0.410 e. The highest BCUT2D eigenvalue weighted by Gasteiger charge is 2.35. The van der Waals surface area contributed by atoms with Crippen LogP contribution in [0.25, 0.3) is 0 Å². The van der Waals surface area contributed by atoms with Crippen molar-refractivity contribution in [3.8, 4) is 0 Å². The van der Waals surface area contributed by atoms with Crippen LogP contribution in [0.4, 0.5) is 16.6 Å². The molecule has 2 saturated heterocycles. The maximum atomic E-state index is 12.3. The molecule has 1 aromatic rings. The average Bonchev–Trinajstić information content (AvgIpc) is 3.12. The first-order valence-electron chi connectivity index (χ1n) is 10.5. The van der Waals surface area contributed by atoms with Gasteiger partial charge in [-0.25, -0.2) is 9.78 Å². The van der Waals surface area contributed by atoms with Gasteiger partial charge in [0.1, 0.15) is 16.6 Å². The summed E-state index contributed by atoms with van der Waals surface area (Å²) < 4.78 is 10.9. The Morgan fingerprint density at radius 3 is 2.45 bits per heavy atom. The average molecular weight is 424 g/mol. The Morgan fingerprint density at radius 2 is 1.79 bits per heavy atom. The molecule has 9 heteroatoms. The Bertz CT molecular complexity index is 755. The van der Waals surface area contributed by atoms with E-state index in [1.807, 2.05) is 25.7 Å². The second kappa shape index (κ2) is 8.14. The summed E-state index contributed by atoms with van der Waals surface area (Å²) in [5.41, 5.74) is 0.573. The predicted octanol–water partition coefficient (Wildman–Crippen LogP) is 2.73. The van der Waals surface area contributed by atoms with Crippen molar-refractivity contribution in [2.24, 2.45) is 0 Å². The van der Waals surface area contributed by atoms with Crippen molar-refractivity contribution in [2.45, 2.75) is 51.7 Å². The summed E-state index contributed by atoms with van der Waals surface area (Å²) in [6.45, 7) is 10.9. The molecule has 0 bridgehead atoms. The van der Waals surface area contributed by atoms with Gasteiger partial charge in [0.15, 0.2) is 0 Å². The second-order valence-corrected chi connectivity index (χ2v) is 9.22. The molecule has 4 heterocycles. The molecular formula is C20H30ClN5O3. The van der Waals surface area contributed by atoms with Crippen LogP contribution in [-0.2, 0) is 15.9 Å². The molecule has 0 radical (unpaired) electrons. The van der Waals surface area contributed by atoms with E-state index in [4.69, 9.17) is 26.1 Å². The number of likely N-dealkylation sites (tertiary alicyclic amines) is 1. The summed E-state index contributed by atoms with van der Waals surface area (Å²) in [7, 11) is 0. The monoisotopic (exact) mass is 423 g/mol. The van der Waals surface area contributed by atoms with Crippen LogP contribution in [0.2, 0.25) is 5.15 Å². The number of rotatable bonds is 2. The summed E-state index contributed by atoms with van der Waals surface area (Å²) >= 11 is 6.52. The van der Waals surface area contributed by atoms with Crippen LogP contribution in [0.3, 0.4) is 0 Å². The van der Waals surface area contributed by atoms with E-state index in [1.54, 1.807) is 0 Å². The van der Waals surface area contributed by atoms with Gasteiger partial charge < -0.3 is 24.2 Å². The zero-order valence-electron chi connectivity index (χ0n) is 17.5. The lowest BCUT2D eigenvalue weighted by atomic mass is 10.0. The minimum absolute atomic E-state index is 0.224. The zero-order valence-corrected chi connectivity index (χ0v) is 18.2. The van der Waals surface area contributed by atoms with Crippen molar-refractivity contribution in [1.29, 1.82) is 0 Å². The first kappa shape index (κ1) is 20.5. The number of aromatic nitrogens is 2. The van der Waals surface area contributed by atoms with E-state index >= 15 is 0 Å². The number of hydrogen-bond donors (Lipinski definition) is 0. The number of nitrogens with zero attached hydrogens (tertiary/aromatic N) is 5. The number of piperidine rings is 1. The third-order valence-electron chi connectivity index (χ3n) is 5.65. The third-order valence-corrected chi connectivity index (χ3v) is 5.96. The lowest BCUT2D eigenvalue weighted by molar-refractivity contribution is 0.0205. The molecule has 0 atom stereocenters. The number of carbonyl (C=O) groups excluding carboxylic acids is 1. The maximum absolute atomic E-state index is 12.3. The molecule has 3 aliphatic heterocycles. The largest absolute Gasteiger partial charge is 0.444 e. The quantitative estimate of drug-likeness (QED) is 0.677. The van der Waals surface area contributed by atoms with Gasteiger partial charge in [-0.15, -0.1) is 0 Å². The first-order chi connectivity index (χ1) is 13.8. The molecule has 160 valence electrons. The molecule has 1 amide bonds. The molecule has 0 unspecified atom stereocenters. The molecular weight excluding hydrogens is 394 g/mol. The standard InChI is InChI=1S/C20H30ClN5O3/c1-20(2,3)29-19(27)25-7-4-14(5-8-25)26-9-6-15-16(21)22-18(23-17(15)26)24-10-12-28-13-11-24/h14H,4-13H2,1-3H3. The molecule has 0 aliphatic carbocycles. The van der Waals surface area contributed by atoms with E-state index in [2.05, 4.69) is 14.8 Å². The molecule has 29 heavy (non-hydrogen) atoms. The highest BCUT2D eigenvalue weighted by atomic mass is 35.5. The van der Waals surface area contributed by atoms with Crippen molar-refractivity contribution in [1.82, 2.24) is 14.9 Å². The van der Waals surface area contributed by atoms with Gasteiger partial charge in [0.25, 0.3) is 0 Å². The molecule has 0 saturated carbocycles. The fourth-order valence-electron chi connectivity index (χ4n) is 4.17. The lowest BCUT2D eigenvalue weighted by Gasteiger charge is -2.38. The summed E-state index contributed by atoms with van der Waals surface area (Å²) in [4.78, 5) is 28.1. The molecule has 0 N–H and O–H groups in total. The summed E-state index contributed by atoms with van der Waals surface area (Å²) in [5.74, 6) is 1.65. The van der Waals surface area contributed by atoms with E-state index in [0.717, 1.165) is 50.3 Å². The number of ether oxygens (including phenoxy) is 2. The molecule has 2 fully saturated rings. The molecule has 4 rings (SSSR count). The van der Waals surface area contributed by atoms with Gasteiger partial charge in [-0.05, 0) is 40.0 Å². The van der Waals surface area contributed by atoms with Gasteiger partial charge in [0.05, 0.1) is 13.2 Å². The van der Waals surface area contributed by atoms with Crippen LogP contribution in [0.15, 0.2) is 0 Å². The van der Waals surface area contributed by atoms with Crippen LogP contribution in [-0.4, -0.2) is 78.5 Å². The first-order valence-corrected chi connectivity index (χ1v) is 10.8. The number of hydrogen-bond acceptors (Lipinski definition) is 7. The second-order valence-electron chi connectivity index (χ2n) is 8.86. The summed E-state index contributed by atoms with van der Waals surface area (Å²) in [6, 6.07) is 0.346. The van der Waals surface area contributed by atoms with E-state index in [1.165, 1.54) is 0 Å². The van der Waals surface area contributed by atoms with Crippen LogP contribution in [0.1, 0.15) is 39.2 Å². The number of anilines is 2. The van der Waals surface area contributed by atoms with Crippen molar-refractivity contribution in [3.05, 3.63) is 10.7 Å². The van der Waals surface area contributed by atoms with Crippen molar-refractivity contribution in [2.75, 3.05) is 55.7 Å². The SMILES string of the molecule is CC(C)(C)OC(=O)N1CCC(N2CCc3c(Cl)nc(N4CCOCC4)nc32)CC1. The Morgan fingerprint density at radius 1 is 1.10 bits per heavy atom. The Kier molecular flexibility index (Phi) is 5.75. The number of morpholine rings is 1. The molecule has 1 aromatic heterocycles. The topological polar surface area (TPSA) is 71.0 Å². The van der Waals surface area contributed by atoms with Crippen LogP contribution in [0.5, 0.6) is 0 Å². The van der Waals surface area contributed by atoms with Crippen LogP contribution < -0.4 is 9.80 Å². The van der Waals surface area contributed by atoms with Crippen LogP contribution >= 0.6 is 11.6 Å². The molecule has 3 aliphatic rings. The number of fused-ring (bicyclic) bond motifs is 1. The van der Waals surface area contributed by atoms with Gasteiger partial charge in [-0.2, -0.15) is 4.98 Å². The number of amides is 1. The minimum Gasteiger partial charge on any atom is -0.444 e. The summed E-state index contributed by atoms with van der Waals surface area (Å²) in [6.07, 6.45) is 2.43. The maximum Gasteiger partial charge on any atom is 0.410 e. The van der Waals surface area contributed by atoms with Crippen LogP contribution in [0, 0.1) is 0 Å². The fourth-order valence-corrected chi connectivity index (χ4v) is 4.43. The molecule has 8 nitrogen and oxygen atoms in total. The third kappa shape index (κ3) is 4.53. The van der Waals surface area contributed by atoms with Crippen molar-refractivity contribution < 1.29 is 14.3 Å². The van der Waals surface area contributed by atoms with Crippen molar-refractivity contribution >= 4 is 29.5 Å². The van der Waals surface area contributed by atoms with Crippen molar-refractivity contribution in [3.63, 3.8) is 0 Å². The van der Waals surface area contributed by atoms with Gasteiger partial charge in [0.2, 0.25) is 5.95 Å². The predicted molar refractivity (Wildman–Crippen MR) is 112 cm³/mol. The fraction of sp³-hybridized carbons (Fsp3) is 0.750. The van der Waals surface area contributed by atoms with Gasteiger partial charge in [-0.3, -0.25) is 0 Å². The van der Waals surface area contributed by atoms with E-state index in [9.17, 15) is 4.79 Å². The van der Waals surface area contributed by atoms with Gasteiger partial charge >= 0.3 is 6.09 Å².